The van der Waals surface area contributed by atoms with E-state index in [0.717, 1.165) is 12.1 Å². The van der Waals surface area contributed by atoms with Crippen molar-refractivity contribution in [2.75, 3.05) is 26.3 Å². The van der Waals surface area contributed by atoms with Crippen LogP contribution in [0.1, 0.15) is 6.42 Å². The first kappa shape index (κ1) is 15.0. The third-order valence-electron chi connectivity index (χ3n) is 3.49. The number of ether oxygens (including phenoxy) is 2. The van der Waals surface area contributed by atoms with E-state index in [2.05, 4.69) is 10.0 Å². The molecule has 3 rings (SSSR count). The minimum Gasteiger partial charge on any atom is -0.486 e. The minimum atomic E-state index is -4.02. The molecule has 120 valence electrons. The first-order valence-electron chi connectivity index (χ1n) is 6.78. The van der Waals surface area contributed by atoms with Gasteiger partial charge in [0.15, 0.2) is 16.4 Å². The molecule has 2 aliphatic heterocycles. The van der Waals surface area contributed by atoms with Gasteiger partial charge in [-0.05, 0) is 13.0 Å². The van der Waals surface area contributed by atoms with E-state index >= 15 is 0 Å². The third-order valence-corrected chi connectivity index (χ3v) is 5.04. The standard InChI is InChI=1S/C12H15N3O6S/c16-15(17)9-5-10-11(21-4-3-20-10)6-12(9)22(18,19)14-8-1-2-13-7-8/h5-6,8,13-14H,1-4,7H2. The van der Waals surface area contributed by atoms with Crippen LogP contribution in [0.3, 0.4) is 0 Å². The Kier molecular flexibility index (Phi) is 3.89. The van der Waals surface area contributed by atoms with Crippen LogP contribution in [0.15, 0.2) is 17.0 Å². The second-order valence-corrected chi connectivity index (χ2v) is 6.71. The van der Waals surface area contributed by atoms with Gasteiger partial charge in [-0.25, -0.2) is 13.1 Å². The van der Waals surface area contributed by atoms with E-state index in [4.69, 9.17) is 9.47 Å². The highest BCUT2D eigenvalue weighted by Gasteiger charge is 2.32. The van der Waals surface area contributed by atoms with E-state index in [1.54, 1.807) is 0 Å². The van der Waals surface area contributed by atoms with Crippen molar-refractivity contribution in [3.05, 3.63) is 22.2 Å². The van der Waals surface area contributed by atoms with Crippen molar-refractivity contribution in [3.63, 3.8) is 0 Å². The summed E-state index contributed by atoms with van der Waals surface area (Å²) in [6.07, 6.45) is 0.636. The summed E-state index contributed by atoms with van der Waals surface area (Å²) >= 11 is 0. The van der Waals surface area contributed by atoms with Gasteiger partial charge in [-0.2, -0.15) is 0 Å². The first-order valence-corrected chi connectivity index (χ1v) is 8.27. The highest BCUT2D eigenvalue weighted by Crippen LogP contribution is 2.38. The molecule has 0 bridgehead atoms. The molecule has 1 saturated heterocycles. The zero-order valence-electron chi connectivity index (χ0n) is 11.6. The molecule has 1 aromatic carbocycles. The van der Waals surface area contributed by atoms with Crippen molar-refractivity contribution in [3.8, 4) is 11.5 Å². The van der Waals surface area contributed by atoms with Crippen LogP contribution in [0.2, 0.25) is 0 Å². The average Bonchev–Trinajstić information content (AvgIpc) is 2.98. The predicted octanol–water partition coefficient (Wildman–Crippen LogP) is 0.00620. The Morgan fingerprint density at radius 1 is 1.27 bits per heavy atom. The van der Waals surface area contributed by atoms with E-state index in [9.17, 15) is 18.5 Å². The molecule has 9 nitrogen and oxygen atoms in total. The molecule has 0 amide bonds. The molecule has 22 heavy (non-hydrogen) atoms. The van der Waals surface area contributed by atoms with Crippen molar-refractivity contribution >= 4 is 15.7 Å². The summed E-state index contributed by atoms with van der Waals surface area (Å²) in [5.74, 6) is 0.376. The first-order chi connectivity index (χ1) is 10.5. The Morgan fingerprint density at radius 3 is 2.55 bits per heavy atom. The second-order valence-electron chi connectivity index (χ2n) is 5.03. The summed E-state index contributed by atoms with van der Waals surface area (Å²) < 4.78 is 38.0. The van der Waals surface area contributed by atoms with E-state index < -0.39 is 25.5 Å². The van der Waals surface area contributed by atoms with Gasteiger partial charge in [-0.15, -0.1) is 0 Å². The van der Waals surface area contributed by atoms with Gasteiger partial charge in [0.05, 0.1) is 11.0 Å². The maximum absolute atomic E-state index is 12.5. The number of hydrogen-bond acceptors (Lipinski definition) is 7. The smallest absolute Gasteiger partial charge is 0.293 e. The Bertz CT molecular complexity index is 699. The molecule has 0 radical (unpaired) electrons. The van der Waals surface area contributed by atoms with Crippen molar-refractivity contribution in [1.29, 1.82) is 0 Å². The second kappa shape index (κ2) is 5.71. The molecule has 0 aromatic heterocycles. The number of fused-ring (bicyclic) bond motifs is 1. The molecule has 1 unspecified atom stereocenters. The van der Waals surface area contributed by atoms with Gasteiger partial charge in [0.1, 0.15) is 13.2 Å². The molecule has 1 fully saturated rings. The predicted molar refractivity (Wildman–Crippen MR) is 75.7 cm³/mol. The van der Waals surface area contributed by atoms with E-state index in [1.807, 2.05) is 0 Å². The lowest BCUT2D eigenvalue weighted by molar-refractivity contribution is -0.388. The fraction of sp³-hybridized carbons (Fsp3) is 0.500. The molecule has 10 heteroatoms. The van der Waals surface area contributed by atoms with Crippen LogP contribution in [0, 0.1) is 10.1 Å². The van der Waals surface area contributed by atoms with Crippen molar-refractivity contribution in [1.82, 2.24) is 10.0 Å². The Morgan fingerprint density at radius 2 is 1.95 bits per heavy atom. The average molecular weight is 329 g/mol. The summed E-state index contributed by atoms with van der Waals surface area (Å²) in [5, 5.41) is 14.2. The van der Waals surface area contributed by atoms with Crippen LogP contribution in [0.25, 0.3) is 0 Å². The topological polar surface area (TPSA) is 120 Å². The van der Waals surface area contributed by atoms with Crippen LogP contribution in [-0.4, -0.2) is 45.7 Å². The lowest BCUT2D eigenvalue weighted by Crippen LogP contribution is -2.36. The molecule has 0 aliphatic carbocycles. The molecule has 1 aromatic rings. The summed E-state index contributed by atoms with van der Waals surface area (Å²) in [6, 6.07) is 1.96. The summed E-state index contributed by atoms with van der Waals surface area (Å²) in [4.78, 5) is 10.1. The van der Waals surface area contributed by atoms with E-state index in [-0.39, 0.29) is 30.8 Å². The van der Waals surface area contributed by atoms with Crippen LogP contribution in [-0.2, 0) is 10.0 Å². The fourth-order valence-electron chi connectivity index (χ4n) is 2.46. The van der Waals surface area contributed by atoms with Gasteiger partial charge in [0, 0.05) is 18.7 Å². The van der Waals surface area contributed by atoms with Gasteiger partial charge in [0.25, 0.3) is 5.69 Å². The molecular formula is C12H15N3O6S. The van der Waals surface area contributed by atoms with Gasteiger partial charge in [0.2, 0.25) is 10.0 Å². The molecular weight excluding hydrogens is 314 g/mol. The van der Waals surface area contributed by atoms with Crippen molar-refractivity contribution < 1.29 is 22.8 Å². The number of nitro benzene ring substituents is 1. The monoisotopic (exact) mass is 329 g/mol. The van der Waals surface area contributed by atoms with Gasteiger partial charge in [-0.3, -0.25) is 10.1 Å². The molecule has 1 atom stereocenters. The van der Waals surface area contributed by atoms with Crippen LogP contribution in [0.4, 0.5) is 5.69 Å². The zero-order chi connectivity index (χ0) is 15.7. The van der Waals surface area contributed by atoms with E-state index in [1.165, 1.54) is 0 Å². The maximum Gasteiger partial charge on any atom is 0.293 e. The quantitative estimate of drug-likeness (QED) is 0.589. The third kappa shape index (κ3) is 2.85. The lowest BCUT2D eigenvalue weighted by atomic mass is 10.2. The number of rotatable bonds is 4. The molecule has 0 saturated carbocycles. The number of nitrogens with one attached hydrogen (secondary N) is 2. The SMILES string of the molecule is O=[N+]([O-])c1cc2c(cc1S(=O)(=O)NC1CCNC1)OCCO2. The zero-order valence-corrected chi connectivity index (χ0v) is 12.4. The highest BCUT2D eigenvalue weighted by molar-refractivity contribution is 7.89. The minimum absolute atomic E-state index is 0.180. The highest BCUT2D eigenvalue weighted by atomic mass is 32.2. The molecule has 2 aliphatic rings. The number of benzene rings is 1. The van der Waals surface area contributed by atoms with Gasteiger partial charge >= 0.3 is 0 Å². The summed E-state index contributed by atoms with van der Waals surface area (Å²) in [6.45, 7) is 1.74. The number of hydrogen-bond donors (Lipinski definition) is 2. The molecule has 2 N–H and O–H groups in total. The number of sulfonamides is 1. The molecule has 2 heterocycles. The number of nitro groups is 1. The van der Waals surface area contributed by atoms with Gasteiger partial charge < -0.3 is 14.8 Å². The van der Waals surface area contributed by atoms with Gasteiger partial charge in [-0.1, -0.05) is 0 Å². The Balaban J connectivity index is 2.01. The largest absolute Gasteiger partial charge is 0.486 e. The van der Waals surface area contributed by atoms with Crippen molar-refractivity contribution in [2.45, 2.75) is 17.4 Å². The van der Waals surface area contributed by atoms with Crippen LogP contribution >= 0.6 is 0 Å². The number of nitrogens with zero attached hydrogens (tertiary/aromatic N) is 1. The summed E-state index contributed by atoms with van der Waals surface area (Å²) in [5.41, 5.74) is -0.525. The summed E-state index contributed by atoms with van der Waals surface area (Å²) in [7, 11) is -4.02. The fourth-order valence-corrected chi connectivity index (χ4v) is 3.89. The molecule has 0 spiro atoms. The Labute approximate surface area is 126 Å². The Hall–Kier alpha value is -1.91. The lowest BCUT2D eigenvalue weighted by Gasteiger charge is -2.19. The van der Waals surface area contributed by atoms with Crippen LogP contribution in [0.5, 0.6) is 11.5 Å². The van der Waals surface area contributed by atoms with E-state index in [0.29, 0.717) is 19.5 Å². The van der Waals surface area contributed by atoms with Crippen molar-refractivity contribution in [2.24, 2.45) is 0 Å². The maximum atomic E-state index is 12.5. The van der Waals surface area contributed by atoms with Crippen LogP contribution < -0.4 is 19.5 Å². The normalized spacial score (nSPS) is 20.8.